The van der Waals surface area contributed by atoms with Gasteiger partial charge in [-0.05, 0) is 24.3 Å². The first-order valence-corrected chi connectivity index (χ1v) is 5.42. The lowest BCUT2D eigenvalue weighted by Gasteiger charge is -1.99. The highest BCUT2D eigenvalue weighted by molar-refractivity contribution is 5.91. The minimum atomic E-state index is -0.514. The van der Waals surface area contributed by atoms with Gasteiger partial charge in [0.15, 0.2) is 0 Å². The molecule has 1 heterocycles. The fraction of sp³-hybridized carbons (Fsp3) is 0. The number of rotatable bonds is 1. The van der Waals surface area contributed by atoms with Gasteiger partial charge in [-0.15, -0.1) is 0 Å². The normalized spacial score (nSPS) is 15.7. The molecule has 0 radical (unpaired) electrons. The van der Waals surface area contributed by atoms with E-state index < -0.39 is 5.91 Å². The standard InChI is InChI=1S/C14H15N3O/c15-14(18)13-9-5-3-1-2-4-6-10-16-11-7-8-12-17-13/h1-12,17H,(H2,15,18). The van der Waals surface area contributed by atoms with E-state index in [1.165, 1.54) is 0 Å². The molecule has 3 N–H and O–H groups in total. The first-order chi connectivity index (χ1) is 8.80. The Labute approximate surface area is 106 Å². The SMILES string of the molecule is NC(=O)C1=CC=CC=CC=CC=NC=CC=CN1. The topological polar surface area (TPSA) is 67.5 Å². The van der Waals surface area contributed by atoms with E-state index in [9.17, 15) is 4.79 Å². The van der Waals surface area contributed by atoms with Crippen LogP contribution >= 0.6 is 0 Å². The van der Waals surface area contributed by atoms with Crippen molar-refractivity contribution in [3.05, 3.63) is 72.8 Å². The predicted molar refractivity (Wildman–Crippen MR) is 74.6 cm³/mol. The Morgan fingerprint density at radius 2 is 1.72 bits per heavy atom. The van der Waals surface area contributed by atoms with Crippen LogP contribution in [0.3, 0.4) is 0 Å². The Morgan fingerprint density at radius 1 is 1.00 bits per heavy atom. The van der Waals surface area contributed by atoms with E-state index in [1.54, 1.807) is 49.0 Å². The minimum Gasteiger partial charge on any atom is -0.364 e. The van der Waals surface area contributed by atoms with Crippen molar-refractivity contribution in [2.24, 2.45) is 10.7 Å². The number of hydrogen-bond donors (Lipinski definition) is 2. The second kappa shape index (κ2) is 8.52. The molecule has 4 nitrogen and oxygen atoms in total. The molecule has 1 aliphatic heterocycles. The van der Waals surface area contributed by atoms with Gasteiger partial charge in [0.1, 0.15) is 5.70 Å². The molecule has 0 aromatic rings. The minimum absolute atomic E-state index is 0.318. The summed E-state index contributed by atoms with van der Waals surface area (Å²) in [5.74, 6) is -0.514. The van der Waals surface area contributed by atoms with Gasteiger partial charge >= 0.3 is 0 Å². The summed E-state index contributed by atoms with van der Waals surface area (Å²) in [5.41, 5.74) is 5.54. The van der Waals surface area contributed by atoms with E-state index >= 15 is 0 Å². The van der Waals surface area contributed by atoms with Gasteiger partial charge in [-0.3, -0.25) is 9.79 Å². The van der Waals surface area contributed by atoms with E-state index in [2.05, 4.69) is 10.3 Å². The number of primary amides is 1. The molecule has 1 amide bonds. The van der Waals surface area contributed by atoms with Crippen molar-refractivity contribution in [1.29, 1.82) is 0 Å². The average molecular weight is 241 g/mol. The lowest BCUT2D eigenvalue weighted by atomic mass is 10.3. The average Bonchev–Trinajstić information content (AvgIpc) is 2.36. The molecule has 0 saturated heterocycles. The van der Waals surface area contributed by atoms with Crippen molar-refractivity contribution in [1.82, 2.24) is 5.32 Å². The number of carbonyl (C=O) groups is 1. The van der Waals surface area contributed by atoms with Gasteiger partial charge in [-0.1, -0.05) is 30.4 Å². The smallest absolute Gasteiger partial charge is 0.265 e. The van der Waals surface area contributed by atoms with E-state index in [-0.39, 0.29) is 0 Å². The van der Waals surface area contributed by atoms with Crippen LogP contribution in [0, 0.1) is 0 Å². The molecule has 0 atom stereocenters. The molecule has 0 aromatic carbocycles. The van der Waals surface area contributed by atoms with Crippen molar-refractivity contribution in [2.45, 2.75) is 0 Å². The lowest BCUT2D eigenvalue weighted by Crippen LogP contribution is -2.22. The summed E-state index contributed by atoms with van der Waals surface area (Å²) < 4.78 is 0. The highest BCUT2D eigenvalue weighted by Gasteiger charge is 1.98. The van der Waals surface area contributed by atoms with E-state index in [4.69, 9.17) is 5.73 Å². The second-order valence-electron chi connectivity index (χ2n) is 3.24. The number of hydrogen-bond acceptors (Lipinski definition) is 3. The van der Waals surface area contributed by atoms with Crippen LogP contribution in [-0.2, 0) is 4.79 Å². The summed E-state index contributed by atoms with van der Waals surface area (Å²) in [6, 6.07) is 0. The third kappa shape index (κ3) is 6.07. The number of nitrogens with zero attached hydrogens (tertiary/aromatic N) is 1. The monoisotopic (exact) mass is 241 g/mol. The van der Waals surface area contributed by atoms with Crippen LogP contribution in [0.2, 0.25) is 0 Å². The van der Waals surface area contributed by atoms with Crippen LogP contribution in [0.15, 0.2) is 77.8 Å². The summed E-state index contributed by atoms with van der Waals surface area (Å²) >= 11 is 0. The molecule has 0 fully saturated rings. The Balaban J connectivity index is 2.86. The molecular formula is C14H15N3O. The van der Waals surface area contributed by atoms with Crippen LogP contribution in [0.5, 0.6) is 0 Å². The van der Waals surface area contributed by atoms with Gasteiger partial charge in [-0.25, -0.2) is 0 Å². The molecule has 4 heteroatoms. The molecular weight excluding hydrogens is 226 g/mol. The maximum absolute atomic E-state index is 11.1. The Morgan fingerprint density at radius 3 is 2.50 bits per heavy atom. The quantitative estimate of drug-likeness (QED) is 0.734. The number of amides is 1. The van der Waals surface area contributed by atoms with Gasteiger partial charge < -0.3 is 11.1 Å². The fourth-order valence-corrected chi connectivity index (χ4v) is 1.05. The third-order valence-electron chi connectivity index (χ3n) is 1.87. The van der Waals surface area contributed by atoms with Crippen LogP contribution < -0.4 is 11.1 Å². The Kier molecular flexibility index (Phi) is 6.37. The zero-order valence-corrected chi connectivity index (χ0v) is 9.86. The van der Waals surface area contributed by atoms with Crippen molar-refractivity contribution in [3.63, 3.8) is 0 Å². The molecule has 0 spiro atoms. The lowest BCUT2D eigenvalue weighted by molar-refractivity contribution is -0.114. The number of allylic oxidation sites excluding steroid dienone is 9. The zero-order valence-electron chi connectivity index (χ0n) is 9.86. The van der Waals surface area contributed by atoms with E-state index in [0.717, 1.165) is 0 Å². The van der Waals surface area contributed by atoms with Gasteiger partial charge in [0.2, 0.25) is 0 Å². The van der Waals surface area contributed by atoms with Crippen molar-refractivity contribution < 1.29 is 4.79 Å². The molecule has 0 aromatic heterocycles. The van der Waals surface area contributed by atoms with Gasteiger partial charge in [0.25, 0.3) is 5.91 Å². The van der Waals surface area contributed by atoms with Gasteiger partial charge in [0.05, 0.1) is 0 Å². The highest BCUT2D eigenvalue weighted by atomic mass is 16.1. The maximum Gasteiger partial charge on any atom is 0.265 e. The predicted octanol–water partition coefficient (Wildman–Crippen LogP) is 1.73. The number of nitrogens with one attached hydrogen (secondary N) is 1. The highest BCUT2D eigenvalue weighted by Crippen LogP contribution is 1.91. The van der Waals surface area contributed by atoms with Crippen molar-refractivity contribution >= 4 is 12.1 Å². The van der Waals surface area contributed by atoms with Crippen LogP contribution in [0.4, 0.5) is 0 Å². The summed E-state index contributed by atoms with van der Waals surface area (Å²) in [6.07, 6.45) is 20.9. The summed E-state index contributed by atoms with van der Waals surface area (Å²) in [6.45, 7) is 0. The number of nitrogens with two attached hydrogens (primary N) is 1. The zero-order chi connectivity index (χ0) is 13.1. The molecule has 1 rings (SSSR count). The summed E-state index contributed by atoms with van der Waals surface area (Å²) in [4.78, 5) is 15.1. The van der Waals surface area contributed by atoms with E-state index in [0.29, 0.717) is 5.70 Å². The second-order valence-corrected chi connectivity index (χ2v) is 3.24. The third-order valence-corrected chi connectivity index (χ3v) is 1.87. The number of carbonyl (C=O) groups excluding carboxylic acids is 1. The van der Waals surface area contributed by atoms with Crippen molar-refractivity contribution in [3.8, 4) is 0 Å². The molecule has 0 bridgehead atoms. The Bertz CT molecular complexity index is 477. The first-order valence-electron chi connectivity index (χ1n) is 5.42. The van der Waals surface area contributed by atoms with Crippen LogP contribution in [0.25, 0.3) is 0 Å². The fourth-order valence-electron chi connectivity index (χ4n) is 1.05. The first kappa shape index (κ1) is 13.4. The molecule has 0 saturated carbocycles. The molecule has 18 heavy (non-hydrogen) atoms. The molecule has 1 aliphatic rings. The summed E-state index contributed by atoms with van der Waals surface area (Å²) in [7, 11) is 0. The van der Waals surface area contributed by atoms with Crippen LogP contribution in [-0.4, -0.2) is 12.1 Å². The molecule has 92 valence electrons. The maximum atomic E-state index is 11.1. The number of aliphatic imine (C=N–C) groups is 1. The van der Waals surface area contributed by atoms with Gasteiger partial charge in [0, 0.05) is 18.6 Å². The van der Waals surface area contributed by atoms with Crippen LogP contribution in [0.1, 0.15) is 0 Å². The van der Waals surface area contributed by atoms with Crippen molar-refractivity contribution in [2.75, 3.05) is 0 Å². The van der Waals surface area contributed by atoms with Gasteiger partial charge in [-0.2, -0.15) is 0 Å². The van der Waals surface area contributed by atoms with E-state index in [1.807, 2.05) is 24.3 Å². The Hall–Kier alpha value is -2.62. The largest absolute Gasteiger partial charge is 0.364 e. The molecule has 0 aliphatic carbocycles. The molecule has 0 unspecified atom stereocenters. The summed E-state index contributed by atoms with van der Waals surface area (Å²) in [5, 5.41) is 2.80.